The van der Waals surface area contributed by atoms with Gasteiger partial charge in [0.15, 0.2) is 5.11 Å². The number of hydrogen-bond acceptors (Lipinski definition) is 3. The van der Waals surface area contributed by atoms with Gasteiger partial charge in [-0.1, -0.05) is 13.3 Å². The van der Waals surface area contributed by atoms with Crippen LogP contribution in [-0.2, 0) is 9.47 Å². The van der Waals surface area contributed by atoms with Gasteiger partial charge in [-0.25, -0.2) is 0 Å². The van der Waals surface area contributed by atoms with Crippen LogP contribution in [0.5, 0.6) is 0 Å². The summed E-state index contributed by atoms with van der Waals surface area (Å²) in [4.78, 5) is 0. The summed E-state index contributed by atoms with van der Waals surface area (Å²) < 4.78 is 10.2. The van der Waals surface area contributed by atoms with Gasteiger partial charge in [-0.2, -0.15) is 0 Å². The topological polar surface area (TPSA) is 42.5 Å². The Morgan fingerprint density at radius 3 is 2.38 bits per heavy atom. The van der Waals surface area contributed by atoms with E-state index in [0.29, 0.717) is 13.2 Å². The first kappa shape index (κ1) is 15.6. The van der Waals surface area contributed by atoms with Crippen LogP contribution in [0.4, 0.5) is 0 Å². The largest absolute Gasteiger partial charge is 0.382 e. The van der Waals surface area contributed by atoms with Gasteiger partial charge in [0.2, 0.25) is 0 Å². The van der Waals surface area contributed by atoms with Crippen molar-refractivity contribution in [3.05, 3.63) is 0 Å². The fraction of sp³-hybridized carbons (Fsp3) is 0.909. The van der Waals surface area contributed by atoms with E-state index in [2.05, 4.69) is 17.6 Å². The van der Waals surface area contributed by atoms with Crippen LogP contribution in [-0.4, -0.2) is 45.1 Å². The third-order valence-corrected chi connectivity index (χ3v) is 2.29. The summed E-state index contributed by atoms with van der Waals surface area (Å²) in [5.74, 6) is 0. The zero-order valence-electron chi connectivity index (χ0n) is 10.4. The smallest absolute Gasteiger partial charge is 0.166 e. The normalized spacial score (nSPS) is 10.1. The summed E-state index contributed by atoms with van der Waals surface area (Å²) in [5.41, 5.74) is 0. The fourth-order valence-electron chi connectivity index (χ4n) is 1.06. The average molecular weight is 248 g/mol. The molecular weight excluding hydrogens is 224 g/mol. The van der Waals surface area contributed by atoms with Crippen LogP contribution in [0.2, 0.25) is 0 Å². The van der Waals surface area contributed by atoms with E-state index < -0.39 is 0 Å². The highest BCUT2D eigenvalue weighted by molar-refractivity contribution is 7.80. The van der Waals surface area contributed by atoms with Crippen molar-refractivity contribution in [2.24, 2.45) is 0 Å². The minimum Gasteiger partial charge on any atom is -0.382 e. The van der Waals surface area contributed by atoms with Crippen molar-refractivity contribution < 1.29 is 9.47 Å². The summed E-state index contributed by atoms with van der Waals surface area (Å²) in [6.45, 7) is 6.03. The van der Waals surface area contributed by atoms with E-state index in [0.717, 1.165) is 37.7 Å². The molecule has 0 aromatic heterocycles. The van der Waals surface area contributed by atoms with E-state index in [1.54, 1.807) is 7.11 Å². The number of methoxy groups -OCH3 is 1. The molecule has 0 aromatic carbocycles. The summed E-state index contributed by atoms with van der Waals surface area (Å²) in [6.07, 6.45) is 3.30. The number of thiocarbonyl (C=S) groups is 1. The van der Waals surface area contributed by atoms with Crippen molar-refractivity contribution in [1.82, 2.24) is 10.6 Å². The van der Waals surface area contributed by atoms with Crippen LogP contribution in [0.1, 0.15) is 26.2 Å². The molecule has 0 unspecified atom stereocenters. The maximum absolute atomic E-state index is 5.33. The second-order valence-electron chi connectivity index (χ2n) is 3.49. The Hall–Kier alpha value is -0.390. The molecule has 5 heteroatoms. The van der Waals surface area contributed by atoms with Gasteiger partial charge in [0.25, 0.3) is 0 Å². The Morgan fingerprint density at radius 1 is 1.06 bits per heavy atom. The van der Waals surface area contributed by atoms with Crippen LogP contribution in [0.25, 0.3) is 0 Å². The van der Waals surface area contributed by atoms with Crippen LogP contribution in [0, 0.1) is 0 Å². The third kappa shape index (κ3) is 11.7. The van der Waals surface area contributed by atoms with E-state index in [1.165, 1.54) is 6.42 Å². The van der Waals surface area contributed by atoms with Crippen molar-refractivity contribution in [2.45, 2.75) is 26.2 Å². The average Bonchev–Trinajstić information content (AvgIpc) is 2.28. The molecule has 96 valence electrons. The first-order valence-corrected chi connectivity index (χ1v) is 6.30. The summed E-state index contributed by atoms with van der Waals surface area (Å²) in [7, 11) is 1.67. The van der Waals surface area contributed by atoms with E-state index in [-0.39, 0.29) is 0 Å². The minimum atomic E-state index is 0.657. The van der Waals surface area contributed by atoms with Crippen LogP contribution < -0.4 is 10.6 Å². The molecule has 16 heavy (non-hydrogen) atoms. The van der Waals surface area contributed by atoms with Gasteiger partial charge in [0.05, 0.1) is 13.2 Å². The van der Waals surface area contributed by atoms with E-state index in [4.69, 9.17) is 21.7 Å². The van der Waals surface area contributed by atoms with Crippen LogP contribution >= 0.6 is 12.2 Å². The fourth-order valence-corrected chi connectivity index (χ4v) is 1.27. The van der Waals surface area contributed by atoms with Crippen molar-refractivity contribution in [3.63, 3.8) is 0 Å². The molecular formula is C11H24N2O2S. The molecule has 2 N–H and O–H groups in total. The standard InChI is InChI=1S/C11H24N2O2S/c1-3-4-6-12-11(16)13-7-5-8-15-10-9-14-2/h3-10H2,1-2H3,(H2,12,13,16). The molecule has 0 saturated carbocycles. The molecule has 0 spiro atoms. The lowest BCUT2D eigenvalue weighted by molar-refractivity contribution is 0.0699. The molecule has 0 aliphatic carbocycles. The monoisotopic (exact) mass is 248 g/mol. The lowest BCUT2D eigenvalue weighted by Gasteiger charge is -2.09. The molecule has 4 nitrogen and oxygen atoms in total. The second kappa shape index (κ2) is 12.7. The van der Waals surface area contributed by atoms with E-state index in [1.807, 2.05) is 0 Å². The van der Waals surface area contributed by atoms with Crippen molar-refractivity contribution >= 4 is 17.3 Å². The van der Waals surface area contributed by atoms with Gasteiger partial charge in [-0.3, -0.25) is 0 Å². The van der Waals surface area contributed by atoms with Gasteiger partial charge < -0.3 is 20.1 Å². The second-order valence-corrected chi connectivity index (χ2v) is 3.90. The Morgan fingerprint density at radius 2 is 1.75 bits per heavy atom. The Balaban J connectivity index is 3.09. The Labute approximate surface area is 104 Å². The first-order valence-electron chi connectivity index (χ1n) is 5.89. The van der Waals surface area contributed by atoms with Gasteiger partial charge in [0.1, 0.15) is 0 Å². The highest BCUT2D eigenvalue weighted by Gasteiger charge is 1.94. The molecule has 0 aliphatic rings. The lowest BCUT2D eigenvalue weighted by Crippen LogP contribution is -2.36. The molecule has 0 rings (SSSR count). The van der Waals surface area contributed by atoms with E-state index in [9.17, 15) is 0 Å². The number of unbranched alkanes of at least 4 members (excludes halogenated alkanes) is 1. The van der Waals surface area contributed by atoms with Crippen LogP contribution in [0.15, 0.2) is 0 Å². The third-order valence-electron chi connectivity index (χ3n) is 2.00. The molecule has 0 bridgehead atoms. The summed E-state index contributed by atoms with van der Waals surface area (Å²) in [6, 6.07) is 0. The predicted octanol–water partition coefficient (Wildman–Crippen LogP) is 1.30. The maximum atomic E-state index is 5.33. The molecule has 0 saturated heterocycles. The number of rotatable bonds is 10. The predicted molar refractivity (Wildman–Crippen MR) is 70.8 cm³/mol. The molecule has 0 aliphatic heterocycles. The molecule has 0 amide bonds. The van der Waals surface area contributed by atoms with Crippen molar-refractivity contribution in [2.75, 3.05) is 40.0 Å². The highest BCUT2D eigenvalue weighted by Crippen LogP contribution is 1.84. The highest BCUT2D eigenvalue weighted by atomic mass is 32.1. The maximum Gasteiger partial charge on any atom is 0.166 e. The van der Waals surface area contributed by atoms with Gasteiger partial charge in [-0.15, -0.1) is 0 Å². The van der Waals surface area contributed by atoms with E-state index >= 15 is 0 Å². The lowest BCUT2D eigenvalue weighted by atomic mass is 10.3. The number of hydrogen-bond donors (Lipinski definition) is 2. The summed E-state index contributed by atoms with van der Waals surface area (Å²) in [5, 5.41) is 7.04. The van der Waals surface area contributed by atoms with Gasteiger partial charge in [0, 0.05) is 26.8 Å². The Kier molecular flexibility index (Phi) is 12.4. The van der Waals surface area contributed by atoms with Gasteiger partial charge >= 0.3 is 0 Å². The molecule has 0 aromatic rings. The Bertz CT molecular complexity index is 168. The van der Waals surface area contributed by atoms with Crippen molar-refractivity contribution in [3.8, 4) is 0 Å². The first-order chi connectivity index (χ1) is 7.81. The quantitative estimate of drug-likeness (QED) is 0.451. The van der Waals surface area contributed by atoms with Crippen molar-refractivity contribution in [1.29, 1.82) is 0 Å². The molecule has 0 atom stereocenters. The zero-order chi connectivity index (χ0) is 12.1. The van der Waals surface area contributed by atoms with Crippen LogP contribution in [0.3, 0.4) is 0 Å². The number of nitrogens with one attached hydrogen (secondary N) is 2. The SMILES string of the molecule is CCCCNC(=S)NCCCOCCOC. The van der Waals surface area contributed by atoms with Gasteiger partial charge in [-0.05, 0) is 25.1 Å². The summed E-state index contributed by atoms with van der Waals surface area (Å²) >= 11 is 5.10. The molecule has 0 heterocycles. The number of ether oxygens (including phenoxy) is 2. The zero-order valence-corrected chi connectivity index (χ0v) is 11.2. The molecule has 0 radical (unpaired) electrons. The molecule has 0 fully saturated rings. The minimum absolute atomic E-state index is 0.657.